The first-order valence-corrected chi connectivity index (χ1v) is 7.41. The maximum atomic E-state index is 11.7. The summed E-state index contributed by atoms with van der Waals surface area (Å²) in [4.78, 5) is 29.0. The molecule has 1 amide bonds. The number of amides is 1. The van der Waals surface area contributed by atoms with Crippen LogP contribution in [0.5, 0.6) is 0 Å². The molecule has 2 rings (SSSR count). The molecule has 0 aromatic carbocycles. The van der Waals surface area contributed by atoms with Gasteiger partial charge in [-0.1, -0.05) is 6.07 Å². The van der Waals surface area contributed by atoms with E-state index in [4.69, 9.17) is 0 Å². The molecule has 1 fully saturated rings. The molecule has 1 aromatic heterocycles. The highest BCUT2D eigenvalue weighted by Crippen LogP contribution is 2.35. The zero-order valence-electron chi connectivity index (χ0n) is 12.4. The quantitative estimate of drug-likeness (QED) is 0.901. The Morgan fingerprint density at radius 3 is 2.90 bits per heavy atom. The van der Waals surface area contributed by atoms with E-state index in [1.807, 2.05) is 18.3 Å². The Morgan fingerprint density at radius 1 is 1.48 bits per heavy atom. The summed E-state index contributed by atoms with van der Waals surface area (Å²) in [6.45, 7) is 2.52. The minimum absolute atomic E-state index is 0.0346. The number of carboxylic acid groups (broad SMARTS) is 1. The smallest absolute Gasteiger partial charge is 0.311 e. The summed E-state index contributed by atoms with van der Waals surface area (Å²) >= 11 is 0. The Hall–Kier alpha value is -1.91. The molecule has 1 atom stereocenters. The van der Waals surface area contributed by atoms with Gasteiger partial charge in [0, 0.05) is 32.4 Å². The highest BCUT2D eigenvalue weighted by molar-refractivity contribution is 5.78. The molecule has 1 saturated heterocycles. The van der Waals surface area contributed by atoms with Crippen LogP contribution in [0.25, 0.3) is 0 Å². The van der Waals surface area contributed by atoms with Gasteiger partial charge in [-0.15, -0.1) is 0 Å². The van der Waals surface area contributed by atoms with Crippen molar-refractivity contribution in [3.63, 3.8) is 0 Å². The molecule has 0 bridgehead atoms. The summed E-state index contributed by atoms with van der Waals surface area (Å²) in [7, 11) is 0. The topological polar surface area (TPSA) is 70.5 Å². The van der Waals surface area contributed by atoms with Crippen LogP contribution < -0.4 is 0 Å². The van der Waals surface area contributed by atoms with E-state index in [9.17, 15) is 14.7 Å². The van der Waals surface area contributed by atoms with Gasteiger partial charge in [-0.05, 0) is 43.7 Å². The molecule has 5 nitrogen and oxygen atoms in total. The number of aryl methyl sites for hydroxylation is 1. The average Bonchev–Trinajstić information content (AvgIpc) is 2.48. The van der Waals surface area contributed by atoms with Crippen LogP contribution in [0.1, 0.15) is 38.2 Å². The number of carbonyl (C=O) groups is 2. The Labute approximate surface area is 125 Å². The number of aliphatic carboxylic acids is 1. The van der Waals surface area contributed by atoms with Crippen LogP contribution in [0.15, 0.2) is 24.5 Å². The summed E-state index contributed by atoms with van der Waals surface area (Å²) < 4.78 is 0. The van der Waals surface area contributed by atoms with Crippen molar-refractivity contribution >= 4 is 11.9 Å². The number of hydrogen-bond donors (Lipinski definition) is 1. The monoisotopic (exact) mass is 290 g/mol. The highest BCUT2D eigenvalue weighted by Gasteiger charge is 2.42. The minimum Gasteiger partial charge on any atom is -0.481 e. The number of carbonyl (C=O) groups excluding carboxylic acids is 1. The summed E-state index contributed by atoms with van der Waals surface area (Å²) in [6, 6.07) is 3.89. The van der Waals surface area contributed by atoms with Crippen LogP contribution in [0, 0.1) is 5.41 Å². The average molecular weight is 290 g/mol. The molecule has 0 saturated carbocycles. The number of piperidine rings is 1. The number of nitrogens with zero attached hydrogens (tertiary/aromatic N) is 2. The predicted octanol–water partition coefficient (Wildman–Crippen LogP) is 2.12. The summed E-state index contributed by atoms with van der Waals surface area (Å²) in [5, 5.41) is 9.64. The number of rotatable bonds is 5. The van der Waals surface area contributed by atoms with E-state index in [0.29, 0.717) is 25.9 Å². The van der Waals surface area contributed by atoms with Gasteiger partial charge in [-0.2, -0.15) is 0 Å². The van der Waals surface area contributed by atoms with Crippen molar-refractivity contribution in [2.75, 3.05) is 13.1 Å². The Balaban J connectivity index is 1.98. The van der Waals surface area contributed by atoms with Crippen molar-refractivity contribution in [1.82, 2.24) is 9.88 Å². The molecule has 0 spiro atoms. The van der Waals surface area contributed by atoms with Gasteiger partial charge in [-0.25, -0.2) is 0 Å². The van der Waals surface area contributed by atoms with Crippen molar-refractivity contribution < 1.29 is 14.7 Å². The van der Waals surface area contributed by atoms with Crippen molar-refractivity contribution in [1.29, 1.82) is 0 Å². The van der Waals surface area contributed by atoms with Crippen molar-refractivity contribution in [3.8, 4) is 0 Å². The minimum atomic E-state index is -0.786. The van der Waals surface area contributed by atoms with Crippen molar-refractivity contribution in [2.24, 2.45) is 5.41 Å². The van der Waals surface area contributed by atoms with E-state index in [1.54, 1.807) is 11.1 Å². The van der Waals surface area contributed by atoms with Gasteiger partial charge >= 0.3 is 5.97 Å². The summed E-state index contributed by atoms with van der Waals surface area (Å²) in [5.41, 5.74) is 0.337. The van der Waals surface area contributed by atoms with E-state index in [-0.39, 0.29) is 5.91 Å². The first-order valence-electron chi connectivity index (χ1n) is 7.41. The summed E-state index contributed by atoms with van der Waals surface area (Å²) in [5.74, 6) is -0.813. The fourth-order valence-corrected chi connectivity index (χ4v) is 3.06. The lowest BCUT2D eigenvalue weighted by molar-refractivity contribution is -0.155. The second-order valence-electron chi connectivity index (χ2n) is 5.84. The van der Waals surface area contributed by atoms with E-state index in [2.05, 4.69) is 4.98 Å². The normalized spacial score (nSPS) is 22.0. The van der Waals surface area contributed by atoms with Crippen molar-refractivity contribution in [3.05, 3.63) is 30.1 Å². The van der Waals surface area contributed by atoms with E-state index >= 15 is 0 Å². The lowest BCUT2D eigenvalue weighted by Crippen LogP contribution is -2.49. The first kappa shape index (κ1) is 15.5. The highest BCUT2D eigenvalue weighted by atomic mass is 16.4. The molecule has 0 aliphatic carbocycles. The fraction of sp³-hybridized carbons (Fsp3) is 0.562. The second-order valence-corrected chi connectivity index (χ2v) is 5.84. The Morgan fingerprint density at radius 2 is 2.29 bits per heavy atom. The molecule has 1 aliphatic heterocycles. The molecule has 5 heteroatoms. The van der Waals surface area contributed by atoms with Crippen LogP contribution in [-0.2, 0) is 16.0 Å². The molecule has 1 aliphatic rings. The lowest BCUT2D eigenvalue weighted by Gasteiger charge is -2.39. The SMILES string of the molecule is CC(=O)N1CCC[C@@](CCCc2cccnc2)(C(=O)O)C1. The molecule has 21 heavy (non-hydrogen) atoms. The molecule has 0 unspecified atom stereocenters. The maximum absolute atomic E-state index is 11.7. The molecular weight excluding hydrogens is 268 g/mol. The van der Waals surface area contributed by atoms with Gasteiger partial charge in [0.1, 0.15) is 0 Å². The van der Waals surface area contributed by atoms with Gasteiger partial charge < -0.3 is 10.0 Å². The van der Waals surface area contributed by atoms with E-state index in [0.717, 1.165) is 24.8 Å². The van der Waals surface area contributed by atoms with Crippen molar-refractivity contribution in [2.45, 2.75) is 39.0 Å². The van der Waals surface area contributed by atoms with Gasteiger partial charge in [-0.3, -0.25) is 14.6 Å². The third-order valence-corrected chi connectivity index (χ3v) is 4.32. The second kappa shape index (κ2) is 6.70. The number of carboxylic acids is 1. The molecule has 114 valence electrons. The summed E-state index contributed by atoms with van der Waals surface area (Å²) in [6.07, 6.45) is 7.18. The zero-order valence-corrected chi connectivity index (χ0v) is 12.4. The van der Waals surface area contributed by atoms with Gasteiger partial charge in [0.15, 0.2) is 0 Å². The van der Waals surface area contributed by atoms with Gasteiger partial charge in [0.05, 0.1) is 5.41 Å². The van der Waals surface area contributed by atoms with Crippen LogP contribution in [0.2, 0.25) is 0 Å². The largest absolute Gasteiger partial charge is 0.481 e. The number of aromatic nitrogens is 1. The predicted molar refractivity (Wildman–Crippen MR) is 78.7 cm³/mol. The van der Waals surface area contributed by atoms with Gasteiger partial charge in [0.2, 0.25) is 5.91 Å². The lowest BCUT2D eigenvalue weighted by atomic mass is 9.75. The number of hydrogen-bond acceptors (Lipinski definition) is 3. The molecule has 2 heterocycles. The molecular formula is C16H22N2O3. The molecule has 0 radical (unpaired) electrons. The Bertz CT molecular complexity index is 504. The van der Waals surface area contributed by atoms with Gasteiger partial charge in [0.25, 0.3) is 0 Å². The van der Waals surface area contributed by atoms with E-state index < -0.39 is 11.4 Å². The van der Waals surface area contributed by atoms with Crippen LogP contribution in [0.4, 0.5) is 0 Å². The van der Waals surface area contributed by atoms with E-state index in [1.165, 1.54) is 6.92 Å². The fourth-order valence-electron chi connectivity index (χ4n) is 3.06. The Kier molecular flexibility index (Phi) is 4.94. The maximum Gasteiger partial charge on any atom is 0.311 e. The number of likely N-dealkylation sites (tertiary alicyclic amines) is 1. The van der Waals surface area contributed by atoms with Crippen LogP contribution in [-0.4, -0.2) is 40.0 Å². The first-order chi connectivity index (χ1) is 10.0. The zero-order chi connectivity index (χ0) is 15.3. The molecule has 1 aromatic rings. The third-order valence-electron chi connectivity index (χ3n) is 4.32. The standard InChI is InChI=1S/C16H22N2O3/c1-13(19)18-10-4-8-16(12-18,15(20)21)7-2-5-14-6-3-9-17-11-14/h3,6,9,11H,2,4-5,7-8,10,12H2,1H3,(H,20,21)/t16-/m1/s1. The third kappa shape index (κ3) is 3.80. The molecule has 1 N–H and O–H groups in total. The number of pyridine rings is 1. The van der Waals surface area contributed by atoms with Crippen LogP contribution in [0.3, 0.4) is 0 Å². The van der Waals surface area contributed by atoms with Crippen LogP contribution >= 0.6 is 0 Å².